The van der Waals surface area contributed by atoms with E-state index in [2.05, 4.69) is 4.99 Å². The molecule has 0 aliphatic heterocycles. The monoisotopic (exact) mass is 384 g/mol. The second-order valence-electron chi connectivity index (χ2n) is 5.90. The Labute approximate surface area is 154 Å². The number of methoxy groups -OCH3 is 1. The van der Waals surface area contributed by atoms with E-state index in [0.29, 0.717) is 12.6 Å². The molecular weight excluding hydrogens is 364 g/mol. The van der Waals surface area contributed by atoms with E-state index in [1.165, 1.54) is 24.5 Å². The third-order valence-electron chi connectivity index (χ3n) is 4.15. The van der Waals surface area contributed by atoms with Crippen molar-refractivity contribution in [2.75, 3.05) is 20.7 Å². The summed E-state index contributed by atoms with van der Waals surface area (Å²) in [6, 6.07) is 8.10. The van der Waals surface area contributed by atoms with Gasteiger partial charge >= 0.3 is 6.18 Å². The van der Waals surface area contributed by atoms with Crippen LogP contribution in [0.1, 0.15) is 18.1 Å². The summed E-state index contributed by atoms with van der Waals surface area (Å²) < 4.78 is 61.1. The zero-order chi connectivity index (χ0) is 20.2. The molecule has 0 heterocycles. The van der Waals surface area contributed by atoms with Crippen LogP contribution in [0, 0.1) is 5.82 Å². The summed E-state index contributed by atoms with van der Waals surface area (Å²) >= 11 is 0. The summed E-state index contributed by atoms with van der Waals surface area (Å²) in [7, 11) is 2.86. The molecule has 0 aliphatic rings. The van der Waals surface area contributed by atoms with Crippen molar-refractivity contribution in [1.29, 1.82) is 0 Å². The van der Waals surface area contributed by atoms with Crippen LogP contribution in [0.25, 0.3) is 0 Å². The summed E-state index contributed by atoms with van der Waals surface area (Å²) in [5.74, 6) is -1.34. The number of alkyl halides is 3. The van der Waals surface area contributed by atoms with Gasteiger partial charge in [0.2, 0.25) is 5.60 Å². The van der Waals surface area contributed by atoms with Gasteiger partial charge in [-0.1, -0.05) is 30.3 Å². The van der Waals surface area contributed by atoms with Crippen LogP contribution in [-0.2, 0) is 5.60 Å². The number of nitrogens with zero attached hydrogens (tertiary/aromatic N) is 2. The lowest BCUT2D eigenvalue weighted by molar-refractivity contribution is -0.248. The highest BCUT2D eigenvalue weighted by molar-refractivity contribution is 5.63. The number of ether oxygens (including phenoxy) is 1. The van der Waals surface area contributed by atoms with E-state index in [0.717, 1.165) is 25.3 Å². The second kappa shape index (κ2) is 7.96. The van der Waals surface area contributed by atoms with Crippen molar-refractivity contribution in [3.05, 3.63) is 59.4 Å². The van der Waals surface area contributed by atoms with Crippen molar-refractivity contribution in [3.63, 3.8) is 0 Å². The summed E-state index contributed by atoms with van der Waals surface area (Å²) in [5, 5.41) is 10.7. The maximum atomic E-state index is 14.5. The van der Waals surface area contributed by atoms with Crippen molar-refractivity contribution < 1.29 is 27.4 Å². The number of aliphatic hydroxyl groups is 1. The maximum absolute atomic E-state index is 14.5. The number of hydrogen-bond acceptors (Lipinski definition) is 3. The van der Waals surface area contributed by atoms with Gasteiger partial charge in [0.05, 0.1) is 13.4 Å². The first-order chi connectivity index (χ1) is 12.6. The van der Waals surface area contributed by atoms with Crippen molar-refractivity contribution in [2.45, 2.75) is 18.7 Å². The van der Waals surface area contributed by atoms with Gasteiger partial charge in [0.15, 0.2) is 0 Å². The van der Waals surface area contributed by atoms with Crippen molar-refractivity contribution >= 4 is 12.0 Å². The highest BCUT2D eigenvalue weighted by Crippen LogP contribution is 2.48. The van der Waals surface area contributed by atoms with Gasteiger partial charge in [-0.15, -0.1) is 0 Å². The molecular formula is C19H20F4N2O2. The molecule has 0 saturated heterocycles. The van der Waals surface area contributed by atoms with Crippen LogP contribution in [0.5, 0.6) is 5.75 Å². The predicted molar refractivity (Wildman–Crippen MR) is 94.9 cm³/mol. The molecule has 8 heteroatoms. The quantitative estimate of drug-likeness (QED) is 0.460. The topological polar surface area (TPSA) is 45.1 Å². The molecule has 1 atom stereocenters. The molecule has 0 aromatic heterocycles. The Kier molecular flexibility index (Phi) is 6.10. The summed E-state index contributed by atoms with van der Waals surface area (Å²) in [5.41, 5.74) is -4.84. The fraction of sp³-hybridized carbons (Fsp3) is 0.316. The van der Waals surface area contributed by atoms with Crippen LogP contribution < -0.4 is 4.74 Å². The largest absolute Gasteiger partial charge is 0.496 e. The van der Waals surface area contributed by atoms with Gasteiger partial charge in [0.1, 0.15) is 17.3 Å². The van der Waals surface area contributed by atoms with Gasteiger partial charge in [-0.05, 0) is 18.6 Å². The molecule has 0 amide bonds. The minimum absolute atomic E-state index is 0.200. The second-order valence-corrected chi connectivity index (χ2v) is 5.90. The third-order valence-corrected chi connectivity index (χ3v) is 4.15. The normalized spacial score (nSPS) is 14.2. The summed E-state index contributed by atoms with van der Waals surface area (Å²) in [4.78, 5) is 5.59. The SMILES string of the molecule is CCN(C)C=Nc1cc(OC)c(C(O)(c2ccccc2)C(F)(F)F)cc1F. The molecule has 0 saturated carbocycles. The van der Waals surface area contributed by atoms with Gasteiger partial charge in [0, 0.05) is 25.2 Å². The number of halogens is 4. The molecule has 0 bridgehead atoms. The summed E-state index contributed by atoms with van der Waals surface area (Å²) in [6.45, 7) is 2.47. The molecule has 0 spiro atoms. The van der Waals surface area contributed by atoms with E-state index in [1.54, 1.807) is 11.9 Å². The summed E-state index contributed by atoms with van der Waals surface area (Å²) in [6.07, 6.45) is -3.76. The molecule has 1 N–H and O–H groups in total. The number of benzene rings is 2. The van der Waals surface area contributed by atoms with Crippen molar-refractivity contribution in [1.82, 2.24) is 4.90 Å². The molecule has 146 valence electrons. The van der Waals surface area contributed by atoms with Crippen LogP contribution >= 0.6 is 0 Å². The van der Waals surface area contributed by atoms with Crippen LogP contribution in [-0.4, -0.2) is 43.2 Å². The molecule has 1 unspecified atom stereocenters. The molecule has 27 heavy (non-hydrogen) atoms. The molecule has 2 aromatic rings. The lowest BCUT2D eigenvalue weighted by Gasteiger charge is -2.32. The number of hydrogen-bond donors (Lipinski definition) is 1. The van der Waals surface area contributed by atoms with Gasteiger partial charge < -0.3 is 14.7 Å². The van der Waals surface area contributed by atoms with Crippen molar-refractivity contribution in [2.24, 2.45) is 4.99 Å². The van der Waals surface area contributed by atoms with Crippen LogP contribution in [0.4, 0.5) is 23.2 Å². The fourth-order valence-corrected chi connectivity index (χ4v) is 2.49. The highest BCUT2D eigenvalue weighted by atomic mass is 19.4. The average Bonchev–Trinajstić information content (AvgIpc) is 2.65. The molecule has 2 rings (SSSR count). The first-order valence-corrected chi connectivity index (χ1v) is 8.12. The smallest absolute Gasteiger partial charge is 0.425 e. The van der Waals surface area contributed by atoms with E-state index >= 15 is 0 Å². The Bertz CT molecular complexity index is 809. The molecule has 0 radical (unpaired) electrons. The Morgan fingerprint density at radius 3 is 2.33 bits per heavy atom. The number of rotatable bonds is 6. The molecule has 0 fully saturated rings. The standard InChI is InChI=1S/C19H20F4N2O2/c1-4-25(2)12-24-16-11-17(27-3)14(10-15(16)20)18(26,19(21,22)23)13-8-6-5-7-9-13/h5-12,26H,4H2,1-3H3. The Balaban J connectivity index is 2.68. The Morgan fingerprint density at radius 1 is 1.19 bits per heavy atom. The van der Waals surface area contributed by atoms with Gasteiger partial charge in [-0.3, -0.25) is 0 Å². The molecule has 2 aromatic carbocycles. The third kappa shape index (κ3) is 4.05. The van der Waals surface area contributed by atoms with Crippen LogP contribution in [0.15, 0.2) is 47.5 Å². The highest BCUT2D eigenvalue weighted by Gasteiger charge is 2.57. The fourth-order valence-electron chi connectivity index (χ4n) is 2.49. The lowest BCUT2D eigenvalue weighted by Crippen LogP contribution is -2.43. The molecule has 0 aliphatic carbocycles. The zero-order valence-electron chi connectivity index (χ0n) is 15.1. The minimum Gasteiger partial charge on any atom is -0.496 e. The minimum atomic E-state index is -5.11. The van der Waals surface area contributed by atoms with Crippen LogP contribution in [0.2, 0.25) is 0 Å². The lowest BCUT2D eigenvalue weighted by atomic mass is 9.84. The Hall–Kier alpha value is -2.61. The van der Waals surface area contributed by atoms with E-state index in [9.17, 15) is 22.7 Å². The van der Waals surface area contributed by atoms with Crippen molar-refractivity contribution in [3.8, 4) is 5.75 Å². The zero-order valence-corrected chi connectivity index (χ0v) is 15.1. The first-order valence-electron chi connectivity index (χ1n) is 8.12. The van der Waals surface area contributed by atoms with Gasteiger partial charge in [-0.25, -0.2) is 9.38 Å². The van der Waals surface area contributed by atoms with Crippen LogP contribution in [0.3, 0.4) is 0 Å². The Morgan fingerprint density at radius 2 is 1.81 bits per heavy atom. The average molecular weight is 384 g/mol. The van der Waals surface area contributed by atoms with Gasteiger partial charge in [0.25, 0.3) is 0 Å². The number of aliphatic imine (C=N–C) groups is 1. The first kappa shape index (κ1) is 20.7. The van der Waals surface area contributed by atoms with E-state index in [-0.39, 0.29) is 11.4 Å². The predicted octanol–water partition coefficient (Wildman–Crippen LogP) is 4.24. The van der Waals surface area contributed by atoms with E-state index < -0.39 is 28.7 Å². The van der Waals surface area contributed by atoms with E-state index in [1.807, 2.05) is 6.92 Å². The van der Waals surface area contributed by atoms with E-state index in [4.69, 9.17) is 4.74 Å². The molecule has 4 nitrogen and oxygen atoms in total. The van der Waals surface area contributed by atoms with Gasteiger partial charge in [-0.2, -0.15) is 13.2 Å². The maximum Gasteiger partial charge on any atom is 0.425 e.